The summed E-state index contributed by atoms with van der Waals surface area (Å²) < 4.78 is 5.68. The van der Waals surface area contributed by atoms with Crippen LogP contribution in [0.2, 0.25) is 0 Å². The largest absolute Gasteiger partial charge is 0.383 e. The van der Waals surface area contributed by atoms with Gasteiger partial charge in [-0.15, -0.1) is 0 Å². The van der Waals surface area contributed by atoms with Gasteiger partial charge in [-0.2, -0.15) is 0 Å². The lowest BCUT2D eigenvalue weighted by Crippen LogP contribution is -2.48. The van der Waals surface area contributed by atoms with Crippen LogP contribution < -0.4 is 10.6 Å². The van der Waals surface area contributed by atoms with E-state index in [9.17, 15) is 0 Å². The van der Waals surface area contributed by atoms with Gasteiger partial charge in [-0.3, -0.25) is 0 Å². The van der Waals surface area contributed by atoms with Crippen LogP contribution in [0.15, 0.2) is 11.2 Å². The van der Waals surface area contributed by atoms with Crippen molar-refractivity contribution in [3.63, 3.8) is 0 Å². The molecule has 2 heterocycles. The number of anilines is 2. The van der Waals surface area contributed by atoms with E-state index in [4.69, 9.17) is 10.5 Å². The Labute approximate surface area is 106 Å². The Balaban J connectivity index is 2.24. The molecule has 0 spiro atoms. The van der Waals surface area contributed by atoms with Crippen molar-refractivity contribution in [3.05, 3.63) is 6.07 Å². The molecule has 1 aliphatic heterocycles. The molecule has 0 aromatic carbocycles. The van der Waals surface area contributed by atoms with Crippen molar-refractivity contribution in [1.82, 2.24) is 9.97 Å². The Hall–Kier alpha value is -1.01. The third-order valence-corrected chi connectivity index (χ3v) is 3.19. The molecule has 1 aromatic heterocycles. The average Bonchev–Trinajstić information content (AvgIpc) is 2.27. The van der Waals surface area contributed by atoms with Crippen LogP contribution in [-0.2, 0) is 4.74 Å². The highest BCUT2D eigenvalue weighted by Gasteiger charge is 2.28. The maximum absolute atomic E-state index is 5.79. The van der Waals surface area contributed by atoms with E-state index >= 15 is 0 Å². The molecule has 0 atom stereocenters. The molecule has 0 radical (unpaired) electrons. The first-order valence-corrected chi connectivity index (χ1v) is 6.80. The van der Waals surface area contributed by atoms with Gasteiger partial charge in [-0.05, 0) is 20.1 Å². The summed E-state index contributed by atoms with van der Waals surface area (Å²) in [7, 11) is 0. The Morgan fingerprint density at radius 3 is 2.88 bits per heavy atom. The number of nitrogens with two attached hydrogens (primary N) is 1. The normalized spacial score (nSPS) is 19.4. The van der Waals surface area contributed by atoms with Crippen LogP contribution in [0.4, 0.5) is 11.6 Å². The number of hydrogen-bond donors (Lipinski definition) is 1. The summed E-state index contributed by atoms with van der Waals surface area (Å²) in [6.07, 6.45) is 1.95. The molecule has 1 aliphatic rings. The third kappa shape index (κ3) is 3.01. The lowest BCUT2D eigenvalue weighted by atomic mass is 10.1. The summed E-state index contributed by atoms with van der Waals surface area (Å²) in [5, 5.41) is 0.712. The van der Waals surface area contributed by atoms with Crippen molar-refractivity contribution in [2.75, 3.05) is 36.6 Å². The minimum absolute atomic E-state index is 0.141. The molecule has 5 nitrogen and oxygen atoms in total. The van der Waals surface area contributed by atoms with E-state index < -0.39 is 0 Å². The zero-order valence-corrected chi connectivity index (χ0v) is 11.3. The molecular weight excluding hydrogens is 236 g/mol. The second-order valence-electron chi connectivity index (χ2n) is 4.67. The molecule has 1 aromatic rings. The van der Waals surface area contributed by atoms with E-state index in [0.717, 1.165) is 18.9 Å². The fourth-order valence-electron chi connectivity index (χ4n) is 1.90. The second-order valence-corrected chi connectivity index (χ2v) is 5.44. The molecule has 2 N–H and O–H groups in total. The number of aromatic nitrogens is 2. The molecular formula is C11H18N4OS. The van der Waals surface area contributed by atoms with Crippen molar-refractivity contribution < 1.29 is 4.74 Å². The van der Waals surface area contributed by atoms with Crippen LogP contribution in [-0.4, -0.2) is 41.5 Å². The zero-order chi connectivity index (χ0) is 12.5. The summed E-state index contributed by atoms with van der Waals surface area (Å²) >= 11 is 1.50. The van der Waals surface area contributed by atoms with Crippen LogP contribution in [0.5, 0.6) is 0 Å². The molecule has 0 unspecified atom stereocenters. The molecule has 0 aliphatic carbocycles. The number of thioether (sulfide) groups is 1. The van der Waals surface area contributed by atoms with Gasteiger partial charge in [-0.1, -0.05) is 11.8 Å². The molecule has 0 bridgehead atoms. The van der Waals surface area contributed by atoms with Crippen molar-refractivity contribution in [3.8, 4) is 0 Å². The summed E-state index contributed by atoms with van der Waals surface area (Å²) in [5.74, 6) is 1.40. The van der Waals surface area contributed by atoms with Gasteiger partial charge in [0.25, 0.3) is 0 Å². The standard InChI is InChI=1S/C11H18N4OS/c1-11(2)7-15(4-5-16-11)9-6-8(12)13-10(14-9)17-3/h6H,4-5,7H2,1-3H3,(H2,12,13,14). The van der Waals surface area contributed by atoms with Crippen LogP contribution in [0.1, 0.15) is 13.8 Å². The Morgan fingerprint density at radius 1 is 1.47 bits per heavy atom. The highest BCUT2D eigenvalue weighted by Crippen LogP contribution is 2.24. The molecule has 0 saturated carbocycles. The summed E-state index contributed by atoms with van der Waals surface area (Å²) in [6.45, 7) is 6.54. The smallest absolute Gasteiger partial charge is 0.191 e. The van der Waals surface area contributed by atoms with Gasteiger partial charge in [0.1, 0.15) is 11.6 Å². The monoisotopic (exact) mass is 254 g/mol. The molecule has 94 valence electrons. The highest BCUT2D eigenvalue weighted by atomic mass is 32.2. The molecule has 2 rings (SSSR count). The maximum Gasteiger partial charge on any atom is 0.191 e. The number of hydrogen-bond acceptors (Lipinski definition) is 6. The van der Waals surface area contributed by atoms with Gasteiger partial charge in [0, 0.05) is 19.2 Å². The number of morpholine rings is 1. The number of ether oxygens (including phenoxy) is 1. The van der Waals surface area contributed by atoms with E-state index in [1.54, 1.807) is 0 Å². The third-order valence-electron chi connectivity index (χ3n) is 2.64. The van der Waals surface area contributed by atoms with Crippen molar-refractivity contribution in [1.29, 1.82) is 0 Å². The molecule has 17 heavy (non-hydrogen) atoms. The molecule has 0 amide bonds. The number of nitrogens with zero attached hydrogens (tertiary/aromatic N) is 3. The van der Waals surface area contributed by atoms with E-state index in [0.29, 0.717) is 17.6 Å². The van der Waals surface area contributed by atoms with Gasteiger partial charge >= 0.3 is 0 Å². The zero-order valence-electron chi connectivity index (χ0n) is 10.4. The fourth-order valence-corrected chi connectivity index (χ4v) is 2.28. The maximum atomic E-state index is 5.79. The van der Waals surface area contributed by atoms with Gasteiger partial charge < -0.3 is 15.4 Å². The van der Waals surface area contributed by atoms with E-state index in [1.165, 1.54) is 11.8 Å². The minimum atomic E-state index is -0.141. The van der Waals surface area contributed by atoms with Gasteiger partial charge in [-0.25, -0.2) is 9.97 Å². The predicted octanol–water partition coefficient (Wildman–Crippen LogP) is 1.40. The van der Waals surface area contributed by atoms with E-state index in [2.05, 4.69) is 28.7 Å². The van der Waals surface area contributed by atoms with Crippen molar-refractivity contribution >= 4 is 23.4 Å². The van der Waals surface area contributed by atoms with Crippen LogP contribution in [0.25, 0.3) is 0 Å². The summed E-state index contributed by atoms with van der Waals surface area (Å²) in [4.78, 5) is 10.8. The first-order chi connectivity index (χ1) is 8.00. The van der Waals surface area contributed by atoms with Crippen molar-refractivity contribution in [2.24, 2.45) is 0 Å². The summed E-state index contributed by atoms with van der Waals surface area (Å²) in [6, 6.07) is 1.82. The molecule has 6 heteroatoms. The second kappa shape index (κ2) is 4.70. The Kier molecular flexibility index (Phi) is 3.44. The Bertz CT molecular complexity index is 410. The fraction of sp³-hybridized carbons (Fsp3) is 0.636. The molecule has 1 saturated heterocycles. The molecule has 1 fully saturated rings. The predicted molar refractivity (Wildman–Crippen MR) is 70.5 cm³/mol. The Morgan fingerprint density at radius 2 is 2.24 bits per heavy atom. The van der Waals surface area contributed by atoms with Gasteiger partial charge in [0.2, 0.25) is 0 Å². The van der Waals surface area contributed by atoms with Crippen LogP contribution in [0.3, 0.4) is 0 Å². The first kappa shape index (κ1) is 12.4. The van der Waals surface area contributed by atoms with Crippen LogP contribution >= 0.6 is 11.8 Å². The first-order valence-electron chi connectivity index (χ1n) is 5.58. The lowest BCUT2D eigenvalue weighted by Gasteiger charge is -2.38. The quantitative estimate of drug-likeness (QED) is 0.635. The van der Waals surface area contributed by atoms with Gasteiger partial charge in [0.15, 0.2) is 5.16 Å². The van der Waals surface area contributed by atoms with Crippen molar-refractivity contribution in [2.45, 2.75) is 24.6 Å². The minimum Gasteiger partial charge on any atom is -0.383 e. The summed E-state index contributed by atoms with van der Waals surface area (Å²) in [5.41, 5.74) is 5.65. The SMILES string of the molecule is CSc1nc(N)cc(N2CCOC(C)(C)C2)n1. The number of rotatable bonds is 2. The average molecular weight is 254 g/mol. The van der Waals surface area contributed by atoms with E-state index in [-0.39, 0.29) is 5.60 Å². The number of nitrogen functional groups attached to an aromatic ring is 1. The topological polar surface area (TPSA) is 64.3 Å². The lowest BCUT2D eigenvalue weighted by molar-refractivity contribution is -0.0279. The van der Waals surface area contributed by atoms with Crippen LogP contribution in [0, 0.1) is 0 Å². The highest BCUT2D eigenvalue weighted by molar-refractivity contribution is 7.98. The van der Waals surface area contributed by atoms with E-state index in [1.807, 2.05) is 12.3 Å². The van der Waals surface area contributed by atoms with Gasteiger partial charge in [0.05, 0.1) is 12.2 Å².